The van der Waals surface area contributed by atoms with Gasteiger partial charge >= 0.3 is 0 Å². The van der Waals surface area contributed by atoms with Crippen molar-refractivity contribution in [1.82, 2.24) is 4.98 Å². The number of anilines is 2. The van der Waals surface area contributed by atoms with Gasteiger partial charge < -0.3 is 10.2 Å². The van der Waals surface area contributed by atoms with Gasteiger partial charge in [-0.3, -0.25) is 4.79 Å². The number of hydrogen-bond donors (Lipinski definition) is 1. The van der Waals surface area contributed by atoms with Crippen molar-refractivity contribution >= 4 is 17.3 Å². The fraction of sp³-hybridized carbons (Fsp3) is 0.316. The van der Waals surface area contributed by atoms with Gasteiger partial charge in [-0.1, -0.05) is 6.92 Å². The number of hydrogen-bond acceptors (Lipinski definition) is 4. The number of amides is 1. The zero-order valence-electron chi connectivity index (χ0n) is 13.7. The van der Waals surface area contributed by atoms with Gasteiger partial charge in [-0.05, 0) is 55.2 Å². The fourth-order valence-electron chi connectivity index (χ4n) is 2.95. The lowest BCUT2D eigenvalue weighted by Gasteiger charge is -2.32. The van der Waals surface area contributed by atoms with Crippen LogP contribution in [0.25, 0.3) is 0 Å². The number of carbonyl (C=O) groups excluding carboxylic acids is 1. The van der Waals surface area contributed by atoms with Gasteiger partial charge in [0, 0.05) is 18.8 Å². The van der Waals surface area contributed by atoms with Crippen LogP contribution in [-0.2, 0) is 0 Å². The molecule has 1 aliphatic heterocycles. The van der Waals surface area contributed by atoms with Gasteiger partial charge in [-0.15, -0.1) is 0 Å². The van der Waals surface area contributed by atoms with Gasteiger partial charge in [0.15, 0.2) is 0 Å². The van der Waals surface area contributed by atoms with E-state index in [0.29, 0.717) is 22.9 Å². The predicted octanol–water partition coefficient (Wildman–Crippen LogP) is 3.44. The maximum absolute atomic E-state index is 12.3. The van der Waals surface area contributed by atoms with Gasteiger partial charge in [0.25, 0.3) is 5.91 Å². The minimum atomic E-state index is -0.252. The van der Waals surface area contributed by atoms with E-state index in [-0.39, 0.29) is 5.91 Å². The third-order valence-corrected chi connectivity index (χ3v) is 4.27. The zero-order valence-corrected chi connectivity index (χ0v) is 13.7. The zero-order chi connectivity index (χ0) is 16.9. The van der Waals surface area contributed by atoms with E-state index in [1.807, 2.05) is 12.1 Å². The average Bonchev–Trinajstić information content (AvgIpc) is 2.62. The first-order valence-corrected chi connectivity index (χ1v) is 8.18. The fourth-order valence-corrected chi connectivity index (χ4v) is 2.95. The second-order valence-electron chi connectivity index (χ2n) is 6.24. The summed E-state index contributed by atoms with van der Waals surface area (Å²) in [6.07, 6.45) is 4.24. The van der Waals surface area contributed by atoms with E-state index in [1.54, 1.807) is 36.5 Å². The Labute approximate surface area is 141 Å². The highest BCUT2D eigenvalue weighted by Gasteiger charge is 2.17. The first kappa shape index (κ1) is 16.0. The lowest BCUT2D eigenvalue weighted by atomic mass is 10.00. The lowest BCUT2D eigenvalue weighted by molar-refractivity contribution is 0.102. The van der Waals surface area contributed by atoms with Gasteiger partial charge in [-0.25, -0.2) is 4.98 Å². The van der Waals surface area contributed by atoms with E-state index in [0.717, 1.165) is 18.8 Å². The molecule has 1 N–H and O–H groups in total. The van der Waals surface area contributed by atoms with E-state index in [1.165, 1.54) is 12.8 Å². The van der Waals surface area contributed by atoms with Crippen molar-refractivity contribution in [3.05, 3.63) is 53.9 Å². The SMILES string of the molecule is CC1CCCN(c2ccc(C(=O)Nc3ccc(C#N)cc3)nc2)C1. The van der Waals surface area contributed by atoms with Crippen molar-refractivity contribution in [1.29, 1.82) is 5.26 Å². The highest BCUT2D eigenvalue weighted by atomic mass is 16.1. The first-order valence-electron chi connectivity index (χ1n) is 8.18. The van der Waals surface area contributed by atoms with Crippen LogP contribution in [0.15, 0.2) is 42.6 Å². The second-order valence-corrected chi connectivity index (χ2v) is 6.24. The highest BCUT2D eigenvalue weighted by Crippen LogP contribution is 2.22. The van der Waals surface area contributed by atoms with E-state index in [4.69, 9.17) is 5.26 Å². The van der Waals surface area contributed by atoms with E-state index < -0.39 is 0 Å². The summed E-state index contributed by atoms with van der Waals surface area (Å²) in [6, 6.07) is 12.5. The Morgan fingerprint density at radius 1 is 1.29 bits per heavy atom. The maximum atomic E-state index is 12.3. The van der Waals surface area contributed by atoms with Gasteiger partial charge in [0.2, 0.25) is 0 Å². The van der Waals surface area contributed by atoms with Crippen LogP contribution in [0.1, 0.15) is 35.8 Å². The molecular weight excluding hydrogens is 300 g/mol. The molecule has 24 heavy (non-hydrogen) atoms. The molecule has 1 atom stereocenters. The number of pyridine rings is 1. The van der Waals surface area contributed by atoms with Crippen LogP contribution < -0.4 is 10.2 Å². The van der Waals surface area contributed by atoms with Crippen molar-refractivity contribution in [2.24, 2.45) is 5.92 Å². The summed E-state index contributed by atoms with van der Waals surface area (Å²) in [4.78, 5) is 18.9. The molecule has 1 fully saturated rings. The molecule has 0 saturated carbocycles. The monoisotopic (exact) mass is 320 g/mol. The number of nitrogens with one attached hydrogen (secondary N) is 1. The summed E-state index contributed by atoms with van der Waals surface area (Å²) in [7, 11) is 0. The predicted molar refractivity (Wildman–Crippen MR) is 94.0 cm³/mol. The summed E-state index contributed by atoms with van der Waals surface area (Å²) in [6.45, 7) is 4.35. The average molecular weight is 320 g/mol. The third-order valence-electron chi connectivity index (χ3n) is 4.27. The van der Waals surface area contributed by atoms with Crippen molar-refractivity contribution in [3.63, 3.8) is 0 Å². The molecule has 0 bridgehead atoms. The number of piperidine rings is 1. The Morgan fingerprint density at radius 2 is 2.08 bits per heavy atom. The Morgan fingerprint density at radius 3 is 2.71 bits per heavy atom. The van der Waals surface area contributed by atoms with Crippen LogP contribution >= 0.6 is 0 Å². The smallest absolute Gasteiger partial charge is 0.274 e. The summed E-state index contributed by atoms with van der Waals surface area (Å²) >= 11 is 0. The van der Waals surface area contributed by atoms with E-state index >= 15 is 0 Å². The molecule has 0 aliphatic carbocycles. The molecule has 1 saturated heterocycles. The van der Waals surface area contributed by atoms with Crippen LogP contribution in [0, 0.1) is 17.2 Å². The quantitative estimate of drug-likeness (QED) is 0.940. The molecule has 1 aromatic heterocycles. The topological polar surface area (TPSA) is 69.0 Å². The normalized spacial score (nSPS) is 17.2. The molecular formula is C19H20N4O. The summed E-state index contributed by atoms with van der Waals surface area (Å²) < 4.78 is 0. The molecule has 3 rings (SSSR count). The van der Waals surface area contributed by atoms with Gasteiger partial charge in [0.05, 0.1) is 23.5 Å². The molecule has 2 heterocycles. The molecule has 1 aromatic carbocycles. The summed E-state index contributed by atoms with van der Waals surface area (Å²) in [5, 5.41) is 11.6. The Bertz CT molecular complexity index is 746. The standard InChI is InChI=1S/C19H20N4O/c1-14-3-2-10-23(13-14)17-8-9-18(21-12-17)19(24)22-16-6-4-15(11-20)5-7-16/h4-9,12,14H,2-3,10,13H2,1H3,(H,22,24). The van der Waals surface area contributed by atoms with Crippen molar-refractivity contribution in [2.45, 2.75) is 19.8 Å². The number of rotatable bonds is 3. The number of nitriles is 1. The highest BCUT2D eigenvalue weighted by molar-refractivity contribution is 6.02. The Kier molecular flexibility index (Phi) is 4.76. The number of aromatic nitrogens is 1. The first-order chi connectivity index (χ1) is 11.7. The van der Waals surface area contributed by atoms with Crippen molar-refractivity contribution < 1.29 is 4.79 Å². The summed E-state index contributed by atoms with van der Waals surface area (Å²) in [5.41, 5.74) is 2.66. The van der Waals surface area contributed by atoms with E-state index in [9.17, 15) is 4.79 Å². The lowest BCUT2D eigenvalue weighted by Crippen LogP contribution is -2.34. The van der Waals surface area contributed by atoms with Crippen LogP contribution in [0.4, 0.5) is 11.4 Å². The van der Waals surface area contributed by atoms with Gasteiger partial charge in [-0.2, -0.15) is 5.26 Å². The Balaban J connectivity index is 1.66. The maximum Gasteiger partial charge on any atom is 0.274 e. The molecule has 2 aromatic rings. The molecule has 5 nitrogen and oxygen atoms in total. The molecule has 1 unspecified atom stereocenters. The summed E-state index contributed by atoms with van der Waals surface area (Å²) in [5.74, 6) is 0.441. The van der Waals surface area contributed by atoms with Crippen LogP contribution in [0.5, 0.6) is 0 Å². The van der Waals surface area contributed by atoms with Crippen molar-refractivity contribution in [3.8, 4) is 6.07 Å². The number of carbonyl (C=O) groups is 1. The van der Waals surface area contributed by atoms with Crippen LogP contribution in [0.2, 0.25) is 0 Å². The molecule has 5 heteroatoms. The molecule has 0 spiro atoms. The molecule has 0 radical (unpaired) electrons. The largest absolute Gasteiger partial charge is 0.370 e. The van der Waals surface area contributed by atoms with Crippen LogP contribution in [0.3, 0.4) is 0 Å². The molecule has 1 amide bonds. The molecule has 1 aliphatic rings. The minimum absolute atomic E-state index is 0.252. The minimum Gasteiger partial charge on any atom is -0.370 e. The number of nitrogens with zero attached hydrogens (tertiary/aromatic N) is 3. The second kappa shape index (κ2) is 7.14. The van der Waals surface area contributed by atoms with Crippen LogP contribution in [-0.4, -0.2) is 24.0 Å². The Hall–Kier alpha value is -2.87. The van der Waals surface area contributed by atoms with E-state index in [2.05, 4.69) is 22.1 Å². The van der Waals surface area contributed by atoms with Gasteiger partial charge in [0.1, 0.15) is 5.69 Å². The molecule has 122 valence electrons. The van der Waals surface area contributed by atoms with Crippen molar-refractivity contribution in [2.75, 3.05) is 23.3 Å². The number of benzene rings is 1. The third kappa shape index (κ3) is 3.72.